The van der Waals surface area contributed by atoms with Crippen molar-refractivity contribution in [2.75, 3.05) is 30.4 Å². The van der Waals surface area contributed by atoms with Crippen LogP contribution >= 0.6 is 0 Å². The van der Waals surface area contributed by atoms with Gasteiger partial charge in [0.15, 0.2) is 0 Å². The van der Waals surface area contributed by atoms with Crippen LogP contribution in [0.4, 0.5) is 11.4 Å². The first-order valence-electron chi connectivity index (χ1n) is 11.1. The van der Waals surface area contributed by atoms with Gasteiger partial charge in [-0.05, 0) is 43.5 Å². The van der Waals surface area contributed by atoms with Crippen molar-refractivity contribution >= 4 is 35.0 Å². The normalized spacial score (nSPS) is 19.2. The number of carbonyl (C=O) groups excluding carboxylic acids is 4. The summed E-state index contributed by atoms with van der Waals surface area (Å²) >= 11 is 0. The van der Waals surface area contributed by atoms with E-state index in [0.29, 0.717) is 24.1 Å². The number of carbonyl (C=O) groups is 4. The van der Waals surface area contributed by atoms with Gasteiger partial charge in [-0.15, -0.1) is 0 Å². The molecule has 33 heavy (non-hydrogen) atoms. The number of anilines is 2. The predicted molar refractivity (Wildman–Crippen MR) is 125 cm³/mol. The highest BCUT2D eigenvalue weighted by Gasteiger charge is 2.53. The van der Waals surface area contributed by atoms with Gasteiger partial charge in [0.25, 0.3) is 5.91 Å². The Morgan fingerprint density at radius 2 is 1.79 bits per heavy atom. The van der Waals surface area contributed by atoms with Crippen LogP contribution in [0.25, 0.3) is 0 Å². The number of fused-ring (bicyclic) bond motifs is 3. The maximum absolute atomic E-state index is 13.3. The summed E-state index contributed by atoms with van der Waals surface area (Å²) in [5.74, 6) is -1.05. The maximum atomic E-state index is 13.3. The molecule has 0 radical (unpaired) electrons. The molecule has 8 heteroatoms. The second kappa shape index (κ2) is 8.69. The summed E-state index contributed by atoms with van der Waals surface area (Å²) in [6, 6.07) is 14.5. The van der Waals surface area contributed by atoms with Gasteiger partial charge in [0.05, 0.1) is 17.8 Å². The molecule has 0 saturated carbocycles. The van der Waals surface area contributed by atoms with Gasteiger partial charge < -0.3 is 15.1 Å². The number of nitrogens with one attached hydrogen (secondary N) is 1. The Morgan fingerprint density at radius 1 is 1.09 bits per heavy atom. The summed E-state index contributed by atoms with van der Waals surface area (Å²) in [5.41, 5.74) is 1.80. The van der Waals surface area contributed by atoms with E-state index in [1.54, 1.807) is 29.2 Å². The molecule has 2 aliphatic heterocycles. The fourth-order valence-electron chi connectivity index (χ4n) is 4.64. The van der Waals surface area contributed by atoms with Crippen LogP contribution < -0.4 is 10.2 Å². The third-order valence-corrected chi connectivity index (χ3v) is 6.52. The molecule has 2 aromatic carbocycles. The molecular weight excluding hydrogens is 420 g/mol. The number of nitrogens with zero attached hydrogens (tertiary/aromatic N) is 3. The molecule has 0 aromatic heterocycles. The van der Waals surface area contributed by atoms with Gasteiger partial charge in [0, 0.05) is 19.2 Å². The van der Waals surface area contributed by atoms with E-state index in [9.17, 15) is 19.2 Å². The summed E-state index contributed by atoms with van der Waals surface area (Å²) in [6.07, 6.45) is 1.52. The third kappa shape index (κ3) is 3.97. The summed E-state index contributed by atoms with van der Waals surface area (Å²) in [7, 11) is 1.54. The molecule has 0 bridgehead atoms. The first-order valence-corrected chi connectivity index (χ1v) is 11.1. The largest absolute Gasteiger partial charge is 0.335 e. The van der Waals surface area contributed by atoms with E-state index in [1.165, 1.54) is 16.8 Å². The first kappa shape index (κ1) is 22.5. The SMILES string of the molecule is CCc1ccccc1NC(=O)CN(C)C(=O)CN1C(=O)c2ccccc2N2C(=O)CCC12C. The Hall–Kier alpha value is -3.68. The van der Waals surface area contributed by atoms with Crippen molar-refractivity contribution < 1.29 is 19.2 Å². The minimum atomic E-state index is -0.915. The van der Waals surface area contributed by atoms with E-state index in [0.717, 1.165) is 17.7 Å². The molecular formula is C25H28N4O4. The van der Waals surface area contributed by atoms with Crippen molar-refractivity contribution in [2.24, 2.45) is 0 Å². The molecule has 2 heterocycles. The molecule has 1 saturated heterocycles. The quantitative estimate of drug-likeness (QED) is 0.736. The number of hydrogen-bond donors (Lipinski definition) is 1. The highest BCUT2D eigenvalue weighted by Crippen LogP contribution is 2.43. The van der Waals surface area contributed by atoms with Gasteiger partial charge in [-0.1, -0.05) is 37.3 Å². The average Bonchev–Trinajstić information content (AvgIpc) is 3.12. The second-order valence-electron chi connectivity index (χ2n) is 8.66. The molecule has 8 nitrogen and oxygen atoms in total. The van der Waals surface area contributed by atoms with Crippen LogP contribution in [0.3, 0.4) is 0 Å². The summed E-state index contributed by atoms with van der Waals surface area (Å²) in [6.45, 7) is 3.46. The number of amides is 4. The smallest absolute Gasteiger partial charge is 0.258 e. The lowest BCUT2D eigenvalue weighted by atomic mass is 9.98. The molecule has 0 aliphatic carbocycles. The van der Waals surface area contributed by atoms with Crippen molar-refractivity contribution in [3.05, 3.63) is 59.7 Å². The molecule has 1 unspecified atom stereocenters. The standard InChI is InChI=1S/C25H28N4O4/c1-4-17-9-5-7-11-19(17)26-21(30)15-27(3)23(32)16-28-24(33)18-10-6-8-12-20(18)29-22(31)13-14-25(28,29)2/h5-12H,4,13-16H2,1-3H3,(H,26,30). The van der Waals surface area contributed by atoms with Crippen LogP contribution in [0.15, 0.2) is 48.5 Å². The zero-order chi connectivity index (χ0) is 23.8. The van der Waals surface area contributed by atoms with Gasteiger partial charge in [-0.25, -0.2) is 0 Å². The number of hydrogen-bond acceptors (Lipinski definition) is 4. The fraction of sp³-hybridized carbons (Fsp3) is 0.360. The molecule has 4 amide bonds. The molecule has 2 aliphatic rings. The van der Waals surface area contributed by atoms with Crippen molar-refractivity contribution in [3.8, 4) is 0 Å². The zero-order valence-corrected chi connectivity index (χ0v) is 19.1. The Balaban J connectivity index is 1.49. The summed E-state index contributed by atoms with van der Waals surface area (Å²) in [5, 5.41) is 2.86. The number of rotatable bonds is 6. The molecule has 2 aromatic rings. The van der Waals surface area contributed by atoms with Gasteiger partial charge in [-0.2, -0.15) is 0 Å². The molecule has 1 atom stereocenters. The molecule has 1 N–H and O–H groups in total. The lowest BCUT2D eigenvalue weighted by Crippen LogP contribution is -2.64. The minimum absolute atomic E-state index is 0.0720. The monoisotopic (exact) mass is 448 g/mol. The minimum Gasteiger partial charge on any atom is -0.335 e. The van der Waals surface area contributed by atoms with E-state index >= 15 is 0 Å². The van der Waals surface area contributed by atoms with Gasteiger partial charge >= 0.3 is 0 Å². The lowest BCUT2D eigenvalue weighted by Gasteiger charge is -2.48. The molecule has 1 fully saturated rings. The lowest BCUT2D eigenvalue weighted by molar-refractivity contribution is -0.135. The van der Waals surface area contributed by atoms with E-state index < -0.39 is 5.66 Å². The van der Waals surface area contributed by atoms with E-state index in [2.05, 4.69) is 5.32 Å². The van der Waals surface area contributed by atoms with Gasteiger partial charge in [-0.3, -0.25) is 24.1 Å². The molecule has 172 valence electrons. The fourth-order valence-corrected chi connectivity index (χ4v) is 4.64. The van der Waals surface area contributed by atoms with Crippen LogP contribution in [0, 0.1) is 0 Å². The van der Waals surface area contributed by atoms with Gasteiger partial charge in [0.2, 0.25) is 17.7 Å². The Bertz CT molecular complexity index is 1130. The van der Waals surface area contributed by atoms with Gasteiger partial charge in [0.1, 0.15) is 12.2 Å². The van der Waals surface area contributed by atoms with Crippen molar-refractivity contribution in [2.45, 2.75) is 38.8 Å². The van der Waals surface area contributed by atoms with E-state index in [1.807, 2.05) is 38.1 Å². The summed E-state index contributed by atoms with van der Waals surface area (Å²) in [4.78, 5) is 56.0. The van der Waals surface area contributed by atoms with Crippen LogP contribution in [0.2, 0.25) is 0 Å². The number of para-hydroxylation sites is 2. The number of likely N-dealkylation sites (N-methyl/N-ethyl adjacent to an activating group) is 1. The topological polar surface area (TPSA) is 90.0 Å². The second-order valence-corrected chi connectivity index (χ2v) is 8.66. The Kier molecular flexibility index (Phi) is 5.93. The van der Waals surface area contributed by atoms with Crippen LogP contribution in [-0.2, 0) is 20.8 Å². The highest BCUT2D eigenvalue weighted by molar-refractivity contribution is 6.11. The zero-order valence-electron chi connectivity index (χ0n) is 19.1. The molecule has 4 rings (SSSR count). The predicted octanol–water partition coefficient (Wildman–Crippen LogP) is 2.64. The van der Waals surface area contributed by atoms with Crippen molar-refractivity contribution in [1.29, 1.82) is 0 Å². The number of benzene rings is 2. The Labute approximate surface area is 193 Å². The Morgan fingerprint density at radius 3 is 2.55 bits per heavy atom. The highest BCUT2D eigenvalue weighted by atomic mass is 16.2. The van der Waals surface area contributed by atoms with Crippen LogP contribution in [0.1, 0.15) is 42.6 Å². The summed E-state index contributed by atoms with van der Waals surface area (Å²) < 4.78 is 0. The third-order valence-electron chi connectivity index (χ3n) is 6.52. The maximum Gasteiger partial charge on any atom is 0.258 e. The van der Waals surface area contributed by atoms with Crippen molar-refractivity contribution in [3.63, 3.8) is 0 Å². The first-order chi connectivity index (χ1) is 15.8. The number of aryl methyl sites for hydroxylation is 1. The van der Waals surface area contributed by atoms with E-state index in [4.69, 9.17) is 0 Å². The van der Waals surface area contributed by atoms with Crippen LogP contribution in [0.5, 0.6) is 0 Å². The van der Waals surface area contributed by atoms with E-state index in [-0.39, 0.29) is 36.7 Å². The average molecular weight is 449 g/mol. The molecule has 0 spiro atoms. The van der Waals surface area contributed by atoms with Crippen LogP contribution in [-0.4, -0.2) is 59.2 Å². The van der Waals surface area contributed by atoms with Crippen molar-refractivity contribution in [1.82, 2.24) is 9.80 Å².